The molecule has 1 aliphatic heterocycles. The number of ether oxygens (including phenoxy) is 1. The molecule has 2 aliphatic rings. The molecule has 7 heteroatoms. The van der Waals surface area contributed by atoms with Gasteiger partial charge in [-0.15, -0.1) is 0 Å². The van der Waals surface area contributed by atoms with Crippen LogP contribution in [0.25, 0.3) is 0 Å². The van der Waals surface area contributed by atoms with E-state index in [1.165, 1.54) is 18.0 Å². The number of hydrogen-bond donors (Lipinski definition) is 2. The van der Waals surface area contributed by atoms with Gasteiger partial charge in [0.2, 0.25) is 11.8 Å². The Hall–Kier alpha value is -1.99. The SMILES string of the molecule is CNC(=O)C[C@]1(O)COCCN(C(=O)C2(c3ccccc3F)CC2)C1. The number of aliphatic hydroxyl groups is 1. The number of halogens is 1. The molecule has 2 N–H and O–H groups in total. The topological polar surface area (TPSA) is 78.9 Å². The van der Waals surface area contributed by atoms with Crippen LogP contribution < -0.4 is 5.32 Å². The summed E-state index contributed by atoms with van der Waals surface area (Å²) < 4.78 is 19.6. The molecule has 1 aromatic carbocycles. The maximum atomic E-state index is 14.2. The first-order chi connectivity index (χ1) is 11.9. The minimum absolute atomic E-state index is 0.00451. The Morgan fingerprint density at radius 2 is 2.08 bits per heavy atom. The van der Waals surface area contributed by atoms with E-state index in [9.17, 15) is 19.1 Å². The van der Waals surface area contributed by atoms with Crippen molar-refractivity contribution in [1.82, 2.24) is 10.2 Å². The molecule has 1 atom stereocenters. The van der Waals surface area contributed by atoms with E-state index in [4.69, 9.17) is 4.74 Å². The summed E-state index contributed by atoms with van der Waals surface area (Å²) >= 11 is 0. The second-order valence-corrected chi connectivity index (χ2v) is 6.92. The summed E-state index contributed by atoms with van der Waals surface area (Å²) in [5.74, 6) is -0.922. The van der Waals surface area contributed by atoms with Crippen LogP contribution in [0.3, 0.4) is 0 Å². The standard InChI is InChI=1S/C18H23FN2O4/c1-20-15(22)10-17(24)11-21(8-9-25-12-17)16(23)18(6-7-18)13-4-2-3-5-14(13)19/h2-5,24H,6-12H2,1H3,(H,20,22)/t17-/m1/s1. The van der Waals surface area contributed by atoms with Crippen LogP contribution in [0, 0.1) is 5.82 Å². The normalized spacial score (nSPS) is 25.2. The van der Waals surface area contributed by atoms with Crippen LogP contribution >= 0.6 is 0 Å². The number of benzene rings is 1. The van der Waals surface area contributed by atoms with Crippen molar-refractivity contribution in [2.75, 3.05) is 33.4 Å². The second kappa shape index (κ2) is 6.72. The van der Waals surface area contributed by atoms with Crippen LogP contribution in [-0.2, 0) is 19.7 Å². The summed E-state index contributed by atoms with van der Waals surface area (Å²) in [5.41, 5.74) is -1.90. The molecule has 1 aliphatic carbocycles. The van der Waals surface area contributed by atoms with Gasteiger partial charge in [0.25, 0.3) is 0 Å². The maximum Gasteiger partial charge on any atom is 0.233 e. The molecule has 25 heavy (non-hydrogen) atoms. The third kappa shape index (κ3) is 3.52. The zero-order valence-electron chi connectivity index (χ0n) is 14.3. The van der Waals surface area contributed by atoms with Gasteiger partial charge in [-0.2, -0.15) is 0 Å². The fourth-order valence-corrected chi connectivity index (χ4v) is 3.46. The third-order valence-corrected chi connectivity index (χ3v) is 4.97. The minimum Gasteiger partial charge on any atom is -0.385 e. The predicted molar refractivity (Wildman–Crippen MR) is 88.3 cm³/mol. The van der Waals surface area contributed by atoms with Crippen LogP contribution in [0.1, 0.15) is 24.8 Å². The molecule has 1 aromatic rings. The molecule has 0 bridgehead atoms. The lowest BCUT2D eigenvalue weighted by atomic mass is 9.92. The molecular weight excluding hydrogens is 327 g/mol. The molecule has 0 aromatic heterocycles. The van der Waals surface area contributed by atoms with Crippen molar-refractivity contribution in [3.63, 3.8) is 0 Å². The van der Waals surface area contributed by atoms with Gasteiger partial charge in [-0.3, -0.25) is 9.59 Å². The van der Waals surface area contributed by atoms with Gasteiger partial charge in [0.1, 0.15) is 11.4 Å². The van der Waals surface area contributed by atoms with Gasteiger partial charge in [0.15, 0.2) is 0 Å². The van der Waals surface area contributed by atoms with E-state index in [1.54, 1.807) is 18.2 Å². The van der Waals surface area contributed by atoms with E-state index in [-0.39, 0.29) is 43.8 Å². The molecule has 2 amide bonds. The van der Waals surface area contributed by atoms with E-state index >= 15 is 0 Å². The molecule has 136 valence electrons. The number of rotatable bonds is 4. The number of β-amino-alcohol motifs (C(OH)–C–C–N with tert-alkyl or cyclic N) is 1. The molecule has 2 fully saturated rings. The Labute approximate surface area is 146 Å². The van der Waals surface area contributed by atoms with Crippen molar-refractivity contribution < 1.29 is 23.8 Å². The summed E-state index contributed by atoms with van der Waals surface area (Å²) in [7, 11) is 1.49. The van der Waals surface area contributed by atoms with Crippen LogP contribution in [0.15, 0.2) is 24.3 Å². The van der Waals surface area contributed by atoms with Gasteiger partial charge in [-0.1, -0.05) is 18.2 Å². The summed E-state index contributed by atoms with van der Waals surface area (Å²) in [6.45, 7) is 0.562. The first-order valence-corrected chi connectivity index (χ1v) is 8.45. The molecule has 0 spiro atoms. The summed E-state index contributed by atoms with van der Waals surface area (Å²) in [4.78, 5) is 26.3. The molecule has 3 rings (SSSR count). The molecule has 6 nitrogen and oxygen atoms in total. The van der Waals surface area contributed by atoms with E-state index < -0.39 is 11.0 Å². The molecule has 0 radical (unpaired) electrons. The van der Waals surface area contributed by atoms with E-state index in [0.29, 0.717) is 24.9 Å². The van der Waals surface area contributed by atoms with Crippen LogP contribution in [0.4, 0.5) is 4.39 Å². The van der Waals surface area contributed by atoms with Crippen molar-refractivity contribution >= 4 is 11.8 Å². The number of carbonyl (C=O) groups excluding carboxylic acids is 2. The lowest BCUT2D eigenvalue weighted by molar-refractivity contribution is -0.139. The Morgan fingerprint density at radius 1 is 1.36 bits per heavy atom. The third-order valence-electron chi connectivity index (χ3n) is 4.97. The smallest absolute Gasteiger partial charge is 0.233 e. The van der Waals surface area contributed by atoms with Crippen molar-refractivity contribution in [2.45, 2.75) is 30.3 Å². The van der Waals surface area contributed by atoms with Gasteiger partial charge in [-0.25, -0.2) is 4.39 Å². The number of amides is 2. The van der Waals surface area contributed by atoms with E-state index in [1.807, 2.05) is 0 Å². The highest BCUT2D eigenvalue weighted by molar-refractivity contribution is 5.91. The Balaban J connectivity index is 1.81. The Bertz CT molecular complexity index is 677. The van der Waals surface area contributed by atoms with Gasteiger partial charge in [0.05, 0.1) is 31.6 Å². The van der Waals surface area contributed by atoms with E-state index in [2.05, 4.69) is 5.32 Å². The number of carbonyl (C=O) groups is 2. The monoisotopic (exact) mass is 350 g/mol. The quantitative estimate of drug-likeness (QED) is 0.833. The summed E-state index contributed by atoms with van der Waals surface area (Å²) in [6.07, 6.45) is 1.01. The zero-order valence-corrected chi connectivity index (χ0v) is 14.3. The molecule has 1 heterocycles. The summed E-state index contributed by atoms with van der Waals surface area (Å²) in [6, 6.07) is 6.32. The Kier molecular flexibility index (Phi) is 4.79. The number of nitrogens with zero attached hydrogens (tertiary/aromatic N) is 1. The fraction of sp³-hybridized carbons (Fsp3) is 0.556. The zero-order chi connectivity index (χ0) is 18.1. The fourth-order valence-electron chi connectivity index (χ4n) is 3.46. The lowest BCUT2D eigenvalue weighted by Crippen LogP contribution is -2.51. The average molecular weight is 350 g/mol. The van der Waals surface area contributed by atoms with Crippen molar-refractivity contribution in [2.24, 2.45) is 0 Å². The van der Waals surface area contributed by atoms with Crippen LogP contribution in [0.5, 0.6) is 0 Å². The molecule has 1 saturated carbocycles. The highest BCUT2D eigenvalue weighted by Gasteiger charge is 2.55. The first kappa shape index (κ1) is 17.8. The maximum absolute atomic E-state index is 14.2. The summed E-state index contributed by atoms with van der Waals surface area (Å²) in [5, 5.41) is 13.2. The highest BCUT2D eigenvalue weighted by Crippen LogP contribution is 2.50. The lowest BCUT2D eigenvalue weighted by Gasteiger charge is -2.32. The number of hydrogen-bond acceptors (Lipinski definition) is 4. The number of nitrogens with one attached hydrogen (secondary N) is 1. The second-order valence-electron chi connectivity index (χ2n) is 6.92. The largest absolute Gasteiger partial charge is 0.385 e. The predicted octanol–water partition coefficient (Wildman–Crippen LogP) is 0.583. The first-order valence-electron chi connectivity index (χ1n) is 8.45. The van der Waals surface area contributed by atoms with Crippen molar-refractivity contribution in [3.05, 3.63) is 35.6 Å². The molecular formula is C18H23FN2O4. The van der Waals surface area contributed by atoms with Crippen LogP contribution in [-0.4, -0.2) is 60.8 Å². The van der Waals surface area contributed by atoms with Crippen molar-refractivity contribution in [3.8, 4) is 0 Å². The van der Waals surface area contributed by atoms with E-state index in [0.717, 1.165) is 0 Å². The van der Waals surface area contributed by atoms with Gasteiger partial charge >= 0.3 is 0 Å². The average Bonchev–Trinajstić information content (AvgIpc) is 3.40. The minimum atomic E-state index is -1.45. The van der Waals surface area contributed by atoms with Gasteiger partial charge in [-0.05, 0) is 18.9 Å². The Morgan fingerprint density at radius 3 is 2.72 bits per heavy atom. The van der Waals surface area contributed by atoms with Gasteiger partial charge in [0, 0.05) is 19.2 Å². The molecule has 0 unspecified atom stereocenters. The molecule has 1 saturated heterocycles. The highest BCUT2D eigenvalue weighted by atomic mass is 19.1. The van der Waals surface area contributed by atoms with Gasteiger partial charge < -0.3 is 20.1 Å². The van der Waals surface area contributed by atoms with Crippen molar-refractivity contribution in [1.29, 1.82) is 0 Å². The van der Waals surface area contributed by atoms with Crippen LogP contribution in [0.2, 0.25) is 0 Å².